The van der Waals surface area contributed by atoms with E-state index in [0.29, 0.717) is 36.9 Å². The summed E-state index contributed by atoms with van der Waals surface area (Å²) < 4.78 is 5.45. The maximum atomic E-state index is 10.2. The van der Waals surface area contributed by atoms with Gasteiger partial charge >= 0.3 is 5.97 Å². The van der Waals surface area contributed by atoms with Crippen LogP contribution in [0.2, 0.25) is 5.02 Å². The molecule has 1 aromatic rings. The maximum Gasteiger partial charge on any atom is 0.303 e. The van der Waals surface area contributed by atoms with Gasteiger partial charge in [-0.2, -0.15) is 0 Å². The van der Waals surface area contributed by atoms with E-state index in [1.54, 1.807) is 6.07 Å². The van der Waals surface area contributed by atoms with Crippen LogP contribution in [0.5, 0.6) is 5.75 Å². The molecule has 1 rings (SSSR count). The zero-order valence-electron chi connectivity index (χ0n) is 9.49. The second-order valence-electron chi connectivity index (χ2n) is 3.53. The van der Waals surface area contributed by atoms with Crippen molar-refractivity contribution in [3.8, 4) is 5.75 Å². The van der Waals surface area contributed by atoms with Gasteiger partial charge in [0.15, 0.2) is 0 Å². The van der Waals surface area contributed by atoms with E-state index in [0.717, 1.165) is 0 Å². The summed E-state index contributed by atoms with van der Waals surface area (Å²) in [4.78, 5) is 10.2. The Labute approximate surface area is 106 Å². The smallest absolute Gasteiger partial charge is 0.303 e. The summed E-state index contributed by atoms with van der Waals surface area (Å²) in [6.45, 7) is 1.86. The van der Waals surface area contributed by atoms with Crippen LogP contribution in [0.25, 0.3) is 0 Å². The second-order valence-corrected chi connectivity index (χ2v) is 3.93. The number of carboxylic acids is 1. The Balaban J connectivity index is 2.05. The minimum absolute atomic E-state index is 0.193. The Morgan fingerprint density at radius 3 is 2.82 bits per heavy atom. The summed E-state index contributed by atoms with van der Waals surface area (Å²) in [6, 6.07) is 7.30. The quantitative estimate of drug-likeness (QED) is 0.701. The lowest BCUT2D eigenvalue weighted by Gasteiger charge is -2.08. The number of carboxylic acid groups (broad SMARTS) is 1. The summed E-state index contributed by atoms with van der Waals surface area (Å²) >= 11 is 5.91. The van der Waals surface area contributed by atoms with E-state index in [1.807, 2.05) is 18.2 Å². The molecular formula is C12H16ClNO3. The fourth-order valence-corrected chi connectivity index (χ4v) is 1.47. The molecule has 0 aliphatic heterocycles. The average molecular weight is 258 g/mol. The van der Waals surface area contributed by atoms with Crippen LogP contribution in [0.3, 0.4) is 0 Å². The number of aliphatic carboxylic acids is 1. The zero-order valence-corrected chi connectivity index (χ0v) is 10.2. The molecule has 0 aromatic heterocycles. The number of benzene rings is 1. The highest BCUT2D eigenvalue weighted by Crippen LogP contribution is 2.22. The van der Waals surface area contributed by atoms with Gasteiger partial charge < -0.3 is 15.2 Å². The lowest BCUT2D eigenvalue weighted by Crippen LogP contribution is -2.22. The summed E-state index contributed by atoms with van der Waals surface area (Å²) in [5.41, 5.74) is 0. The van der Waals surface area contributed by atoms with Gasteiger partial charge in [-0.05, 0) is 25.1 Å². The lowest BCUT2D eigenvalue weighted by molar-refractivity contribution is -0.137. The Morgan fingerprint density at radius 1 is 1.35 bits per heavy atom. The van der Waals surface area contributed by atoms with Crippen LogP contribution in [0, 0.1) is 0 Å². The monoisotopic (exact) mass is 257 g/mol. The molecule has 0 amide bonds. The molecule has 0 fully saturated rings. The molecule has 0 heterocycles. The minimum atomic E-state index is -0.765. The molecule has 2 N–H and O–H groups in total. The van der Waals surface area contributed by atoms with E-state index in [4.69, 9.17) is 21.4 Å². The molecule has 0 saturated heterocycles. The third-order valence-corrected chi connectivity index (χ3v) is 2.43. The average Bonchev–Trinajstić information content (AvgIpc) is 2.30. The van der Waals surface area contributed by atoms with Crippen LogP contribution in [0.1, 0.15) is 12.8 Å². The molecule has 0 bridgehead atoms. The molecule has 1 aromatic carbocycles. The summed E-state index contributed by atoms with van der Waals surface area (Å²) in [7, 11) is 0. The van der Waals surface area contributed by atoms with E-state index in [2.05, 4.69) is 5.32 Å². The molecule has 0 unspecified atom stereocenters. The van der Waals surface area contributed by atoms with Crippen molar-refractivity contribution in [2.75, 3.05) is 19.7 Å². The molecular weight excluding hydrogens is 242 g/mol. The van der Waals surface area contributed by atoms with Crippen molar-refractivity contribution in [2.24, 2.45) is 0 Å². The number of hydrogen-bond donors (Lipinski definition) is 2. The van der Waals surface area contributed by atoms with Gasteiger partial charge in [0.2, 0.25) is 0 Å². The van der Waals surface area contributed by atoms with Crippen LogP contribution in [0.15, 0.2) is 24.3 Å². The molecule has 0 saturated carbocycles. The molecule has 0 aliphatic carbocycles. The highest BCUT2D eigenvalue weighted by Gasteiger charge is 1.99. The highest BCUT2D eigenvalue weighted by atomic mass is 35.5. The van der Waals surface area contributed by atoms with E-state index in [9.17, 15) is 4.79 Å². The fraction of sp³-hybridized carbons (Fsp3) is 0.417. The van der Waals surface area contributed by atoms with Gasteiger partial charge in [-0.1, -0.05) is 23.7 Å². The standard InChI is InChI=1S/C12H16ClNO3/c13-10-4-1-2-5-11(10)17-9-8-14-7-3-6-12(15)16/h1-2,4-5,14H,3,6-9H2,(H,15,16). The number of rotatable bonds is 8. The first-order valence-corrected chi connectivity index (χ1v) is 5.88. The summed E-state index contributed by atoms with van der Waals surface area (Å²) in [6.07, 6.45) is 0.819. The second kappa shape index (κ2) is 7.92. The molecule has 0 radical (unpaired) electrons. The van der Waals surface area contributed by atoms with Crippen molar-refractivity contribution in [2.45, 2.75) is 12.8 Å². The number of hydrogen-bond acceptors (Lipinski definition) is 3. The maximum absolute atomic E-state index is 10.2. The van der Waals surface area contributed by atoms with Crippen LogP contribution >= 0.6 is 11.6 Å². The number of nitrogens with one attached hydrogen (secondary N) is 1. The van der Waals surface area contributed by atoms with Crippen molar-refractivity contribution < 1.29 is 14.6 Å². The number of halogens is 1. The van der Waals surface area contributed by atoms with Gasteiger partial charge in [0, 0.05) is 13.0 Å². The SMILES string of the molecule is O=C(O)CCCNCCOc1ccccc1Cl. The number of para-hydroxylation sites is 1. The van der Waals surface area contributed by atoms with E-state index < -0.39 is 5.97 Å². The van der Waals surface area contributed by atoms with E-state index >= 15 is 0 Å². The Kier molecular flexibility index (Phi) is 6.43. The third kappa shape index (κ3) is 6.14. The molecule has 0 atom stereocenters. The Hall–Kier alpha value is -1.26. The Bertz CT molecular complexity index is 357. The van der Waals surface area contributed by atoms with Crippen molar-refractivity contribution in [1.29, 1.82) is 0 Å². The van der Waals surface area contributed by atoms with E-state index in [1.165, 1.54) is 0 Å². The first kappa shape index (κ1) is 13.8. The van der Waals surface area contributed by atoms with Gasteiger partial charge in [-0.15, -0.1) is 0 Å². The number of ether oxygens (including phenoxy) is 1. The van der Waals surface area contributed by atoms with Gasteiger partial charge in [-0.3, -0.25) is 4.79 Å². The summed E-state index contributed by atoms with van der Waals surface area (Å²) in [5.74, 6) is -0.0966. The first-order valence-electron chi connectivity index (χ1n) is 5.50. The van der Waals surface area contributed by atoms with Crippen LogP contribution < -0.4 is 10.1 Å². The molecule has 4 nitrogen and oxygen atoms in total. The third-order valence-electron chi connectivity index (χ3n) is 2.12. The predicted molar refractivity (Wildman–Crippen MR) is 66.7 cm³/mol. The first-order chi connectivity index (χ1) is 8.20. The molecule has 0 aliphatic rings. The summed E-state index contributed by atoms with van der Waals surface area (Å²) in [5, 5.41) is 12.1. The minimum Gasteiger partial charge on any atom is -0.491 e. The zero-order chi connectivity index (χ0) is 12.5. The fourth-order valence-electron chi connectivity index (χ4n) is 1.28. The van der Waals surface area contributed by atoms with E-state index in [-0.39, 0.29) is 6.42 Å². The van der Waals surface area contributed by atoms with Crippen LogP contribution in [0.4, 0.5) is 0 Å². The highest BCUT2D eigenvalue weighted by molar-refractivity contribution is 6.32. The topological polar surface area (TPSA) is 58.6 Å². The number of carbonyl (C=O) groups is 1. The molecule has 0 spiro atoms. The predicted octanol–water partition coefficient (Wildman–Crippen LogP) is 2.17. The molecule has 5 heteroatoms. The van der Waals surface area contributed by atoms with Crippen molar-refractivity contribution in [3.63, 3.8) is 0 Å². The normalized spacial score (nSPS) is 10.2. The Morgan fingerprint density at radius 2 is 2.12 bits per heavy atom. The van der Waals surface area contributed by atoms with Crippen molar-refractivity contribution in [3.05, 3.63) is 29.3 Å². The van der Waals surface area contributed by atoms with Crippen molar-refractivity contribution >= 4 is 17.6 Å². The van der Waals surface area contributed by atoms with Crippen LogP contribution in [-0.4, -0.2) is 30.8 Å². The molecule has 94 valence electrons. The van der Waals surface area contributed by atoms with Gasteiger partial charge in [0.1, 0.15) is 12.4 Å². The molecule has 17 heavy (non-hydrogen) atoms. The van der Waals surface area contributed by atoms with Gasteiger partial charge in [-0.25, -0.2) is 0 Å². The largest absolute Gasteiger partial charge is 0.491 e. The lowest BCUT2D eigenvalue weighted by atomic mass is 10.3. The van der Waals surface area contributed by atoms with Crippen LogP contribution in [-0.2, 0) is 4.79 Å². The van der Waals surface area contributed by atoms with Gasteiger partial charge in [0.05, 0.1) is 5.02 Å². The van der Waals surface area contributed by atoms with Crippen molar-refractivity contribution in [1.82, 2.24) is 5.32 Å². The van der Waals surface area contributed by atoms with Gasteiger partial charge in [0.25, 0.3) is 0 Å².